The fraction of sp³-hybridized carbons (Fsp3) is 0.400. The van der Waals surface area contributed by atoms with Crippen LogP contribution in [0.4, 0.5) is 0 Å². The van der Waals surface area contributed by atoms with E-state index in [-0.39, 0.29) is 18.7 Å². The number of hydrogen-bond donors (Lipinski definition) is 2. The van der Waals surface area contributed by atoms with Crippen molar-refractivity contribution in [2.75, 3.05) is 13.3 Å². The van der Waals surface area contributed by atoms with Gasteiger partial charge in [-0.25, -0.2) is 0 Å². The predicted molar refractivity (Wildman–Crippen MR) is 77.4 cm³/mol. The molecule has 0 bridgehead atoms. The Labute approximate surface area is 118 Å². The molecular weight excluding hydrogens is 256 g/mol. The molecule has 5 nitrogen and oxygen atoms in total. The van der Waals surface area contributed by atoms with Crippen LogP contribution in [0.15, 0.2) is 24.3 Å². The average Bonchev–Trinajstić information content (AvgIpc) is 2.89. The molecule has 108 valence electrons. The highest BCUT2D eigenvalue weighted by atomic mass is 16.7. The van der Waals surface area contributed by atoms with E-state index in [0.717, 1.165) is 11.3 Å². The number of fused-ring (bicyclic) bond motifs is 1. The van der Waals surface area contributed by atoms with Crippen molar-refractivity contribution in [2.24, 2.45) is 11.7 Å². The third kappa shape index (κ3) is 3.51. The topological polar surface area (TPSA) is 73.6 Å². The standard InChI is InChI=1S/C15H20N2O3/c1-10(2)12(8-16)17-15(18)6-4-11-3-5-13-14(7-11)20-9-19-13/h3-7,10,12H,8-9,16H2,1-2H3,(H,17,18). The first kappa shape index (κ1) is 14.4. The number of hydrogen-bond acceptors (Lipinski definition) is 4. The number of nitrogens with one attached hydrogen (secondary N) is 1. The highest BCUT2D eigenvalue weighted by Crippen LogP contribution is 2.32. The van der Waals surface area contributed by atoms with E-state index >= 15 is 0 Å². The first-order valence-corrected chi connectivity index (χ1v) is 6.68. The van der Waals surface area contributed by atoms with Gasteiger partial charge in [0.25, 0.3) is 0 Å². The SMILES string of the molecule is CC(C)C(CN)NC(=O)C=Cc1ccc2c(c1)OCO2. The van der Waals surface area contributed by atoms with Crippen LogP contribution in [0.5, 0.6) is 11.5 Å². The first-order chi connectivity index (χ1) is 9.60. The Kier molecular flexibility index (Phi) is 4.63. The molecule has 0 aliphatic carbocycles. The lowest BCUT2D eigenvalue weighted by molar-refractivity contribution is -0.117. The number of ether oxygens (including phenoxy) is 2. The number of amides is 1. The van der Waals surface area contributed by atoms with Crippen molar-refractivity contribution in [2.45, 2.75) is 19.9 Å². The van der Waals surface area contributed by atoms with E-state index < -0.39 is 0 Å². The molecule has 0 saturated heterocycles. The summed E-state index contributed by atoms with van der Waals surface area (Å²) in [7, 11) is 0. The Morgan fingerprint density at radius 3 is 2.85 bits per heavy atom. The lowest BCUT2D eigenvalue weighted by atomic mass is 10.0. The Morgan fingerprint density at radius 2 is 2.15 bits per heavy atom. The van der Waals surface area contributed by atoms with Crippen molar-refractivity contribution in [3.63, 3.8) is 0 Å². The zero-order valence-corrected chi connectivity index (χ0v) is 11.8. The largest absolute Gasteiger partial charge is 0.454 e. The normalized spacial score (nSPS) is 14.8. The molecule has 0 spiro atoms. The zero-order chi connectivity index (χ0) is 14.5. The van der Waals surface area contributed by atoms with E-state index in [0.29, 0.717) is 18.2 Å². The predicted octanol–water partition coefficient (Wildman–Crippen LogP) is 1.53. The maximum Gasteiger partial charge on any atom is 0.244 e. The highest BCUT2D eigenvalue weighted by Gasteiger charge is 2.14. The van der Waals surface area contributed by atoms with Gasteiger partial charge < -0.3 is 20.5 Å². The first-order valence-electron chi connectivity index (χ1n) is 6.68. The van der Waals surface area contributed by atoms with E-state index in [1.54, 1.807) is 6.08 Å². The van der Waals surface area contributed by atoms with E-state index in [1.165, 1.54) is 6.08 Å². The maximum absolute atomic E-state index is 11.8. The molecule has 2 rings (SSSR count). The molecule has 1 aliphatic heterocycles. The maximum atomic E-state index is 11.8. The number of rotatable bonds is 5. The van der Waals surface area contributed by atoms with Crippen LogP contribution in [0.3, 0.4) is 0 Å². The van der Waals surface area contributed by atoms with Gasteiger partial charge in [0, 0.05) is 18.7 Å². The van der Waals surface area contributed by atoms with E-state index in [4.69, 9.17) is 15.2 Å². The van der Waals surface area contributed by atoms with Gasteiger partial charge in [-0.3, -0.25) is 4.79 Å². The summed E-state index contributed by atoms with van der Waals surface area (Å²) >= 11 is 0. The summed E-state index contributed by atoms with van der Waals surface area (Å²) in [6, 6.07) is 5.54. The smallest absolute Gasteiger partial charge is 0.244 e. The van der Waals surface area contributed by atoms with Gasteiger partial charge >= 0.3 is 0 Å². The van der Waals surface area contributed by atoms with Gasteiger partial charge in [0.15, 0.2) is 11.5 Å². The number of nitrogens with two attached hydrogens (primary N) is 1. The number of benzene rings is 1. The summed E-state index contributed by atoms with van der Waals surface area (Å²) in [5.74, 6) is 1.60. The van der Waals surface area contributed by atoms with Crippen molar-refractivity contribution >= 4 is 12.0 Å². The summed E-state index contributed by atoms with van der Waals surface area (Å²) < 4.78 is 10.5. The van der Waals surface area contributed by atoms with E-state index in [1.807, 2.05) is 32.0 Å². The second kappa shape index (κ2) is 6.43. The van der Waals surface area contributed by atoms with Crippen LogP contribution >= 0.6 is 0 Å². The Bertz CT molecular complexity index is 512. The van der Waals surface area contributed by atoms with Crippen LogP contribution in [-0.4, -0.2) is 25.3 Å². The van der Waals surface area contributed by atoms with Gasteiger partial charge in [-0.1, -0.05) is 19.9 Å². The van der Waals surface area contributed by atoms with Crippen molar-refractivity contribution in [1.82, 2.24) is 5.32 Å². The minimum absolute atomic E-state index is 0.0103. The zero-order valence-electron chi connectivity index (χ0n) is 11.8. The van der Waals surface area contributed by atoms with Crippen LogP contribution in [0.25, 0.3) is 6.08 Å². The average molecular weight is 276 g/mol. The van der Waals surface area contributed by atoms with E-state index in [9.17, 15) is 4.79 Å². The quantitative estimate of drug-likeness (QED) is 0.800. The van der Waals surface area contributed by atoms with Crippen molar-refractivity contribution in [3.8, 4) is 11.5 Å². The molecule has 1 atom stereocenters. The lowest BCUT2D eigenvalue weighted by Crippen LogP contribution is -2.42. The lowest BCUT2D eigenvalue weighted by Gasteiger charge is -2.19. The monoisotopic (exact) mass is 276 g/mol. The molecule has 1 amide bonds. The molecular formula is C15H20N2O3. The van der Waals surface area contributed by atoms with Crippen LogP contribution in [0, 0.1) is 5.92 Å². The summed E-state index contributed by atoms with van der Waals surface area (Å²) in [5, 5.41) is 2.88. The molecule has 0 saturated carbocycles. The summed E-state index contributed by atoms with van der Waals surface area (Å²) in [6.45, 7) is 4.73. The van der Waals surface area contributed by atoms with Gasteiger partial charge in [0.05, 0.1) is 0 Å². The third-order valence-corrected chi connectivity index (χ3v) is 3.21. The molecule has 0 aromatic heterocycles. The number of carbonyl (C=O) groups excluding carboxylic acids is 1. The van der Waals surface area contributed by atoms with Crippen LogP contribution in [0.2, 0.25) is 0 Å². The van der Waals surface area contributed by atoms with Crippen LogP contribution in [-0.2, 0) is 4.79 Å². The third-order valence-electron chi connectivity index (χ3n) is 3.21. The van der Waals surface area contributed by atoms with Crippen molar-refractivity contribution in [1.29, 1.82) is 0 Å². The molecule has 1 unspecified atom stereocenters. The Hall–Kier alpha value is -2.01. The highest BCUT2D eigenvalue weighted by molar-refractivity contribution is 5.92. The molecule has 1 aromatic rings. The summed E-state index contributed by atoms with van der Waals surface area (Å²) in [5.41, 5.74) is 6.51. The van der Waals surface area contributed by atoms with Gasteiger partial charge in [-0.15, -0.1) is 0 Å². The number of carbonyl (C=O) groups is 1. The van der Waals surface area contributed by atoms with E-state index in [2.05, 4.69) is 5.32 Å². The van der Waals surface area contributed by atoms with Crippen LogP contribution in [0.1, 0.15) is 19.4 Å². The second-order valence-electron chi connectivity index (χ2n) is 5.04. The Morgan fingerprint density at radius 1 is 1.40 bits per heavy atom. The minimum atomic E-state index is -0.146. The fourth-order valence-electron chi connectivity index (χ4n) is 1.92. The molecule has 1 aliphatic rings. The second-order valence-corrected chi connectivity index (χ2v) is 5.04. The molecule has 20 heavy (non-hydrogen) atoms. The minimum Gasteiger partial charge on any atom is -0.454 e. The Balaban J connectivity index is 1.97. The van der Waals surface area contributed by atoms with Gasteiger partial charge in [0.1, 0.15) is 0 Å². The van der Waals surface area contributed by atoms with Crippen LogP contribution < -0.4 is 20.5 Å². The van der Waals surface area contributed by atoms with Gasteiger partial charge in [-0.05, 0) is 29.7 Å². The molecule has 0 fully saturated rings. The summed E-state index contributed by atoms with van der Waals surface area (Å²) in [4.78, 5) is 11.8. The molecule has 5 heteroatoms. The van der Waals surface area contributed by atoms with Gasteiger partial charge in [0.2, 0.25) is 12.7 Å². The fourth-order valence-corrected chi connectivity index (χ4v) is 1.92. The van der Waals surface area contributed by atoms with Gasteiger partial charge in [-0.2, -0.15) is 0 Å². The molecule has 1 aromatic carbocycles. The molecule has 3 N–H and O–H groups in total. The molecule has 0 radical (unpaired) electrons. The van der Waals surface area contributed by atoms with Crippen molar-refractivity contribution < 1.29 is 14.3 Å². The summed E-state index contributed by atoms with van der Waals surface area (Å²) in [6.07, 6.45) is 3.24. The molecule has 1 heterocycles. The van der Waals surface area contributed by atoms with Crippen molar-refractivity contribution in [3.05, 3.63) is 29.8 Å².